The maximum absolute atomic E-state index is 13.6. The van der Waals surface area contributed by atoms with Gasteiger partial charge in [0.1, 0.15) is 12.7 Å². The third-order valence-corrected chi connectivity index (χ3v) is 3.16. The van der Waals surface area contributed by atoms with Crippen molar-refractivity contribution in [1.29, 1.82) is 0 Å². The molecule has 0 unspecified atom stereocenters. The van der Waals surface area contributed by atoms with Gasteiger partial charge in [-0.3, -0.25) is 4.79 Å². The van der Waals surface area contributed by atoms with Gasteiger partial charge in [0.05, 0.1) is 13.2 Å². The summed E-state index contributed by atoms with van der Waals surface area (Å²) in [4.78, 5) is 23.4. The zero-order valence-corrected chi connectivity index (χ0v) is 13.3. The van der Waals surface area contributed by atoms with Crippen LogP contribution in [0.5, 0.6) is 5.75 Å². The number of hydrogen-bond donors (Lipinski definition) is 3. The fourth-order valence-corrected chi connectivity index (χ4v) is 1.86. The fourth-order valence-electron chi connectivity index (χ4n) is 1.86. The van der Waals surface area contributed by atoms with Gasteiger partial charge in [0.25, 0.3) is 0 Å². The van der Waals surface area contributed by atoms with E-state index in [1.165, 1.54) is 26.2 Å². The lowest BCUT2D eigenvalue weighted by atomic mass is 10.1. The number of rotatable bonds is 7. The van der Waals surface area contributed by atoms with E-state index in [-0.39, 0.29) is 12.3 Å². The summed E-state index contributed by atoms with van der Waals surface area (Å²) in [5.41, 5.74) is 0.549. The minimum atomic E-state index is -0.818. The standard InChI is InChI=1S/C15H21F2N3O3/c1-9(11-4-5-13(23-3)12(17)8-11)19-15(22)20-10(2)14(21)18-7-6-16/h4-5,8-10H,6-7H2,1-3H3,(H,18,21)(H2,19,20,22)/t9-,10+/m0/s1. The Morgan fingerprint density at radius 1 is 1.26 bits per heavy atom. The molecule has 6 nitrogen and oxygen atoms in total. The molecule has 0 aliphatic heterocycles. The van der Waals surface area contributed by atoms with Crippen molar-refractivity contribution in [3.63, 3.8) is 0 Å². The van der Waals surface area contributed by atoms with Crippen LogP contribution in [0.15, 0.2) is 18.2 Å². The highest BCUT2D eigenvalue weighted by molar-refractivity contribution is 5.86. The third kappa shape index (κ3) is 5.72. The summed E-state index contributed by atoms with van der Waals surface area (Å²) in [7, 11) is 1.36. The summed E-state index contributed by atoms with van der Waals surface area (Å²) in [5, 5.41) is 7.34. The Morgan fingerprint density at radius 2 is 1.96 bits per heavy atom. The van der Waals surface area contributed by atoms with Crippen molar-refractivity contribution in [1.82, 2.24) is 16.0 Å². The van der Waals surface area contributed by atoms with Gasteiger partial charge in [-0.2, -0.15) is 0 Å². The first-order valence-electron chi connectivity index (χ1n) is 7.13. The Labute approximate surface area is 133 Å². The molecule has 0 bridgehead atoms. The molecule has 0 heterocycles. The normalized spacial score (nSPS) is 12.9. The molecule has 0 saturated carbocycles. The molecule has 128 valence electrons. The van der Waals surface area contributed by atoms with Gasteiger partial charge >= 0.3 is 6.03 Å². The van der Waals surface area contributed by atoms with Gasteiger partial charge in [-0.05, 0) is 31.5 Å². The Hall–Kier alpha value is -2.38. The van der Waals surface area contributed by atoms with Crippen molar-refractivity contribution in [2.45, 2.75) is 25.9 Å². The minimum absolute atomic E-state index is 0.103. The molecule has 0 spiro atoms. The first-order chi connectivity index (χ1) is 10.9. The zero-order chi connectivity index (χ0) is 17.4. The lowest BCUT2D eigenvalue weighted by Gasteiger charge is -2.18. The van der Waals surface area contributed by atoms with Crippen LogP contribution in [0.3, 0.4) is 0 Å². The number of methoxy groups -OCH3 is 1. The van der Waals surface area contributed by atoms with E-state index in [0.29, 0.717) is 5.56 Å². The molecule has 3 N–H and O–H groups in total. The maximum atomic E-state index is 13.6. The average Bonchev–Trinajstić information content (AvgIpc) is 2.52. The number of nitrogens with one attached hydrogen (secondary N) is 3. The lowest BCUT2D eigenvalue weighted by molar-refractivity contribution is -0.122. The number of carbonyl (C=O) groups excluding carboxylic acids is 2. The molecule has 0 saturated heterocycles. The molecular weight excluding hydrogens is 308 g/mol. The van der Waals surface area contributed by atoms with Gasteiger partial charge in [0.2, 0.25) is 5.91 Å². The Bertz CT molecular complexity index is 555. The molecule has 0 radical (unpaired) electrons. The van der Waals surface area contributed by atoms with Gasteiger partial charge in [-0.25, -0.2) is 13.6 Å². The molecule has 0 aromatic heterocycles. The van der Waals surface area contributed by atoms with E-state index < -0.39 is 36.5 Å². The Kier molecular flexibility index (Phi) is 7.24. The van der Waals surface area contributed by atoms with Crippen LogP contribution < -0.4 is 20.7 Å². The molecule has 0 fully saturated rings. The average molecular weight is 329 g/mol. The number of ether oxygens (including phenoxy) is 1. The van der Waals surface area contributed by atoms with Gasteiger partial charge in [0, 0.05) is 6.54 Å². The van der Waals surface area contributed by atoms with Gasteiger partial charge in [-0.1, -0.05) is 6.07 Å². The van der Waals surface area contributed by atoms with Crippen LogP contribution in [0.4, 0.5) is 13.6 Å². The summed E-state index contributed by atoms with van der Waals surface area (Å²) in [6, 6.07) is 2.48. The van der Waals surface area contributed by atoms with Crippen LogP contribution in [0.1, 0.15) is 25.5 Å². The van der Waals surface area contributed by atoms with E-state index in [0.717, 1.165) is 0 Å². The van der Waals surface area contributed by atoms with Crippen LogP contribution >= 0.6 is 0 Å². The SMILES string of the molecule is COc1ccc([C@H](C)NC(=O)N[C@H](C)C(=O)NCCF)cc1F. The molecule has 3 amide bonds. The summed E-state index contributed by atoms with van der Waals surface area (Å²) in [6.45, 7) is 2.37. The molecule has 1 aromatic rings. The van der Waals surface area contributed by atoms with Crippen LogP contribution in [0.2, 0.25) is 0 Å². The van der Waals surface area contributed by atoms with Crippen molar-refractivity contribution in [2.24, 2.45) is 0 Å². The number of hydrogen-bond acceptors (Lipinski definition) is 3. The first-order valence-corrected chi connectivity index (χ1v) is 7.13. The first kappa shape index (κ1) is 18.7. The van der Waals surface area contributed by atoms with Crippen LogP contribution in [-0.2, 0) is 4.79 Å². The van der Waals surface area contributed by atoms with Crippen molar-refractivity contribution >= 4 is 11.9 Å². The van der Waals surface area contributed by atoms with Gasteiger partial charge in [0.15, 0.2) is 11.6 Å². The molecule has 0 aliphatic carbocycles. The van der Waals surface area contributed by atoms with Crippen molar-refractivity contribution in [3.05, 3.63) is 29.6 Å². The van der Waals surface area contributed by atoms with Crippen LogP contribution in [0, 0.1) is 5.82 Å². The number of carbonyl (C=O) groups is 2. The van der Waals surface area contributed by atoms with E-state index in [1.54, 1.807) is 13.0 Å². The van der Waals surface area contributed by atoms with E-state index in [1.807, 2.05) is 0 Å². The quantitative estimate of drug-likeness (QED) is 0.712. The molecule has 1 rings (SSSR count). The number of halogens is 2. The summed E-state index contributed by atoms with van der Waals surface area (Å²) in [5.74, 6) is -0.900. The zero-order valence-electron chi connectivity index (χ0n) is 13.3. The fraction of sp³-hybridized carbons (Fsp3) is 0.467. The van der Waals surface area contributed by atoms with Gasteiger partial charge < -0.3 is 20.7 Å². The maximum Gasteiger partial charge on any atom is 0.315 e. The van der Waals surface area contributed by atoms with E-state index in [9.17, 15) is 18.4 Å². The largest absolute Gasteiger partial charge is 0.494 e. The Morgan fingerprint density at radius 3 is 2.52 bits per heavy atom. The molecule has 1 aromatic carbocycles. The van der Waals surface area contributed by atoms with Crippen molar-refractivity contribution in [2.75, 3.05) is 20.3 Å². The third-order valence-electron chi connectivity index (χ3n) is 3.16. The monoisotopic (exact) mass is 329 g/mol. The van der Waals surface area contributed by atoms with Crippen LogP contribution in [0.25, 0.3) is 0 Å². The van der Waals surface area contributed by atoms with E-state index in [2.05, 4.69) is 16.0 Å². The van der Waals surface area contributed by atoms with Crippen molar-refractivity contribution < 1.29 is 23.1 Å². The highest BCUT2D eigenvalue weighted by Crippen LogP contribution is 2.21. The van der Waals surface area contributed by atoms with Gasteiger partial charge in [-0.15, -0.1) is 0 Å². The molecule has 0 aliphatic rings. The minimum Gasteiger partial charge on any atom is -0.494 e. The number of amides is 3. The topological polar surface area (TPSA) is 79.5 Å². The van der Waals surface area contributed by atoms with Crippen LogP contribution in [-0.4, -0.2) is 38.3 Å². The summed E-state index contributed by atoms with van der Waals surface area (Å²) >= 11 is 0. The highest BCUT2D eigenvalue weighted by atomic mass is 19.1. The predicted octanol–water partition coefficient (Wildman–Crippen LogP) is 1.67. The number of urea groups is 1. The molecule has 2 atom stereocenters. The van der Waals surface area contributed by atoms with E-state index >= 15 is 0 Å². The van der Waals surface area contributed by atoms with E-state index in [4.69, 9.17) is 4.74 Å². The summed E-state index contributed by atoms with van der Waals surface area (Å²) in [6.07, 6.45) is 0. The molecule has 8 heteroatoms. The molecular formula is C15H21F2N3O3. The second-order valence-corrected chi connectivity index (χ2v) is 4.94. The summed E-state index contributed by atoms with van der Waals surface area (Å²) < 4.78 is 30.4. The van der Waals surface area contributed by atoms with Crippen molar-refractivity contribution in [3.8, 4) is 5.75 Å². The second-order valence-electron chi connectivity index (χ2n) is 4.94. The predicted molar refractivity (Wildman–Crippen MR) is 81.5 cm³/mol. The lowest BCUT2D eigenvalue weighted by Crippen LogP contribution is -2.49. The number of benzene rings is 1. The number of alkyl halides is 1. The molecule has 23 heavy (non-hydrogen) atoms. The highest BCUT2D eigenvalue weighted by Gasteiger charge is 2.17. The Balaban J connectivity index is 2.56. The second kappa shape index (κ2) is 8.92. The smallest absolute Gasteiger partial charge is 0.315 e.